The minimum absolute atomic E-state index is 0.144. The average Bonchev–Trinajstić information content (AvgIpc) is 3.42. The summed E-state index contributed by atoms with van der Waals surface area (Å²) in [4.78, 5) is 40.5. The molecule has 0 saturated carbocycles. The van der Waals surface area contributed by atoms with Crippen molar-refractivity contribution in [1.82, 2.24) is 34.9 Å². The normalized spacial score (nSPS) is 17.1. The molecule has 1 saturated heterocycles. The molecule has 34 heavy (non-hydrogen) atoms. The van der Waals surface area contributed by atoms with E-state index in [-0.39, 0.29) is 11.8 Å². The zero-order valence-electron chi connectivity index (χ0n) is 20.4. The van der Waals surface area contributed by atoms with Gasteiger partial charge in [-0.2, -0.15) is 5.10 Å². The molecule has 3 N–H and O–H groups in total. The predicted octanol–water partition coefficient (Wildman–Crippen LogP) is 2.36. The van der Waals surface area contributed by atoms with E-state index >= 15 is 0 Å². The first-order valence-corrected chi connectivity index (χ1v) is 11.7. The number of rotatable bonds is 5. The van der Waals surface area contributed by atoms with Gasteiger partial charge in [-0.1, -0.05) is 20.8 Å². The molecule has 3 aromatic rings. The molecule has 182 valence electrons. The highest BCUT2D eigenvalue weighted by atomic mass is 16.3. The zero-order chi connectivity index (χ0) is 24.7. The number of aromatic amines is 1. The van der Waals surface area contributed by atoms with Crippen LogP contribution in [-0.2, 0) is 11.3 Å². The van der Waals surface area contributed by atoms with Crippen molar-refractivity contribution in [2.24, 2.45) is 5.41 Å². The van der Waals surface area contributed by atoms with E-state index in [1.165, 1.54) is 0 Å². The SMILES string of the molecule is CCn1cc(-c2cnc3[nH]cc(C(=O)N[C@@H](C(=O)N4CCC(C)(O)CC4)C(C)(C)C)c3n2)cn1. The summed E-state index contributed by atoms with van der Waals surface area (Å²) in [7, 11) is 0. The Kier molecular flexibility index (Phi) is 6.20. The maximum absolute atomic E-state index is 13.4. The number of carbonyl (C=O) groups excluding carboxylic acids is 2. The number of nitrogens with zero attached hydrogens (tertiary/aromatic N) is 5. The molecule has 10 heteroatoms. The first-order chi connectivity index (χ1) is 16.0. The number of aryl methyl sites for hydroxylation is 1. The maximum Gasteiger partial charge on any atom is 0.255 e. The lowest BCUT2D eigenvalue weighted by atomic mass is 9.84. The second kappa shape index (κ2) is 8.83. The van der Waals surface area contributed by atoms with E-state index < -0.39 is 17.1 Å². The highest BCUT2D eigenvalue weighted by Gasteiger charge is 2.39. The monoisotopic (exact) mass is 467 g/mol. The largest absolute Gasteiger partial charge is 0.390 e. The summed E-state index contributed by atoms with van der Waals surface area (Å²) < 4.78 is 1.80. The van der Waals surface area contributed by atoms with Crippen LogP contribution in [0.2, 0.25) is 0 Å². The van der Waals surface area contributed by atoms with Crippen LogP contribution in [0.4, 0.5) is 0 Å². The number of carbonyl (C=O) groups is 2. The summed E-state index contributed by atoms with van der Waals surface area (Å²) in [6, 6.07) is -0.730. The fourth-order valence-electron chi connectivity index (χ4n) is 4.12. The Balaban J connectivity index is 1.58. The number of hydrogen-bond acceptors (Lipinski definition) is 6. The van der Waals surface area contributed by atoms with Crippen molar-refractivity contribution in [3.05, 3.63) is 30.4 Å². The van der Waals surface area contributed by atoms with E-state index in [4.69, 9.17) is 0 Å². The number of nitrogens with one attached hydrogen (secondary N) is 2. The van der Waals surface area contributed by atoms with Crippen molar-refractivity contribution in [1.29, 1.82) is 0 Å². The van der Waals surface area contributed by atoms with Gasteiger partial charge < -0.3 is 20.3 Å². The minimum Gasteiger partial charge on any atom is -0.390 e. The van der Waals surface area contributed by atoms with Crippen molar-refractivity contribution in [3.63, 3.8) is 0 Å². The quantitative estimate of drug-likeness (QED) is 0.528. The van der Waals surface area contributed by atoms with Gasteiger partial charge in [-0.25, -0.2) is 9.97 Å². The van der Waals surface area contributed by atoms with Gasteiger partial charge in [-0.15, -0.1) is 0 Å². The average molecular weight is 468 g/mol. The van der Waals surface area contributed by atoms with Crippen molar-refractivity contribution in [2.75, 3.05) is 13.1 Å². The molecule has 1 fully saturated rings. The van der Waals surface area contributed by atoms with Crippen LogP contribution >= 0.6 is 0 Å². The molecule has 1 aliphatic rings. The lowest BCUT2D eigenvalue weighted by Crippen LogP contribution is -2.57. The lowest BCUT2D eigenvalue weighted by molar-refractivity contribution is -0.139. The molecule has 0 aromatic carbocycles. The number of hydrogen-bond donors (Lipinski definition) is 3. The van der Waals surface area contributed by atoms with Crippen LogP contribution in [0.25, 0.3) is 22.4 Å². The number of aromatic nitrogens is 5. The van der Waals surface area contributed by atoms with E-state index in [9.17, 15) is 14.7 Å². The fraction of sp³-hybridized carbons (Fsp3) is 0.542. The Morgan fingerprint density at radius 3 is 2.59 bits per heavy atom. The van der Waals surface area contributed by atoms with Crippen molar-refractivity contribution < 1.29 is 14.7 Å². The standard InChI is InChI=1S/C24H33N7O3/c1-6-31-14-15(11-27-31)17-13-26-20-18(28-17)16(12-25-20)21(32)29-19(23(2,3)4)22(33)30-9-7-24(5,34)8-10-30/h11-14,19,34H,6-10H2,1-5H3,(H,25,26)(H,29,32)/t19-/m0/s1. The van der Waals surface area contributed by atoms with Crippen molar-refractivity contribution in [3.8, 4) is 11.3 Å². The molecule has 4 rings (SSSR count). The molecule has 0 aliphatic carbocycles. The molecule has 1 aliphatic heterocycles. The Labute approximate surface area is 198 Å². The molecule has 10 nitrogen and oxygen atoms in total. The van der Waals surface area contributed by atoms with E-state index in [1.54, 1.807) is 35.1 Å². The van der Waals surface area contributed by atoms with Crippen molar-refractivity contribution >= 4 is 23.0 Å². The minimum atomic E-state index is -0.759. The topological polar surface area (TPSA) is 129 Å². The predicted molar refractivity (Wildman–Crippen MR) is 128 cm³/mol. The third kappa shape index (κ3) is 4.82. The third-order valence-electron chi connectivity index (χ3n) is 6.42. The zero-order valence-corrected chi connectivity index (χ0v) is 20.4. The number of H-pyrrole nitrogens is 1. The number of likely N-dealkylation sites (tertiary alicyclic amines) is 1. The van der Waals surface area contributed by atoms with Crippen LogP contribution in [0.15, 0.2) is 24.8 Å². The second-order valence-corrected chi connectivity index (χ2v) is 10.3. The van der Waals surface area contributed by atoms with Gasteiger partial charge in [0.15, 0.2) is 5.65 Å². The van der Waals surface area contributed by atoms with E-state index in [0.717, 1.165) is 12.1 Å². The van der Waals surface area contributed by atoms with Gasteiger partial charge >= 0.3 is 0 Å². The van der Waals surface area contributed by atoms with Gasteiger partial charge in [0.25, 0.3) is 5.91 Å². The molecule has 0 radical (unpaired) electrons. The van der Waals surface area contributed by atoms with E-state index in [2.05, 4.69) is 25.4 Å². The van der Waals surface area contributed by atoms with Crippen LogP contribution in [-0.4, -0.2) is 71.3 Å². The molecule has 0 unspecified atom stereocenters. The first kappa shape index (κ1) is 23.9. The smallest absolute Gasteiger partial charge is 0.255 e. The van der Waals surface area contributed by atoms with E-state index in [0.29, 0.717) is 48.4 Å². The highest BCUT2D eigenvalue weighted by Crippen LogP contribution is 2.27. The lowest BCUT2D eigenvalue weighted by Gasteiger charge is -2.40. The Bertz CT molecular complexity index is 1190. The Morgan fingerprint density at radius 1 is 1.26 bits per heavy atom. The highest BCUT2D eigenvalue weighted by molar-refractivity contribution is 6.06. The summed E-state index contributed by atoms with van der Waals surface area (Å²) in [6.45, 7) is 11.2. The van der Waals surface area contributed by atoms with Gasteiger partial charge in [0.2, 0.25) is 5.91 Å². The van der Waals surface area contributed by atoms with Gasteiger partial charge in [-0.05, 0) is 32.1 Å². The summed E-state index contributed by atoms with van der Waals surface area (Å²) in [5.74, 6) is -0.533. The van der Waals surface area contributed by atoms with Crippen LogP contribution in [0.1, 0.15) is 57.8 Å². The van der Waals surface area contributed by atoms with Gasteiger partial charge in [0, 0.05) is 37.6 Å². The van der Waals surface area contributed by atoms with Gasteiger partial charge in [0.1, 0.15) is 11.6 Å². The molecule has 0 spiro atoms. The van der Waals surface area contributed by atoms with Crippen LogP contribution in [0.3, 0.4) is 0 Å². The van der Waals surface area contributed by atoms with Crippen LogP contribution in [0, 0.1) is 5.41 Å². The maximum atomic E-state index is 13.4. The molecule has 1 atom stereocenters. The Hall–Kier alpha value is -3.27. The Morgan fingerprint density at radius 2 is 1.97 bits per heavy atom. The van der Waals surface area contributed by atoms with E-state index in [1.807, 2.05) is 33.9 Å². The van der Waals surface area contributed by atoms with Crippen LogP contribution in [0.5, 0.6) is 0 Å². The van der Waals surface area contributed by atoms with Gasteiger partial charge in [-0.3, -0.25) is 14.3 Å². The summed E-state index contributed by atoms with van der Waals surface area (Å²) >= 11 is 0. The molecule has 4 heterocycles. The van der Waals surface area contributed by atoms with Crippen molar-refractivity contribution in [2.45, 2.75) is 65.6 Å². The molecule has 3 aromatic heterocycles. The molecular formula is C24H33N7O3. The number of piperidine rings is 1. The number of aliphatic hydroxyl groups is 1. The number of amides is 2. The number of fused-ring (bicyclic) bond motifs is 1. The third-order valence-corrected chi connectivity index (χ3v) is 6.42. The molecule has 0 bridgehead atoms. The fourth-order valence-corrected chi connectivity index (χ4v) is 4.12. The molecular weight excluding hydrogens is 434 g/mol. The first-order valence-electron chi connectivity index (χ1n) is 11.7. The summed E-state index contributed by atoms with van der Waals surface area (Å²) in [6.07, 6.45) is 7.84. The summed E-state index contributed by atoms with van der Waals surface area (Å²) in [5, 5.41) is 17.5. The van der Waals surface area contributed by atoms with Gasteiger partial charge in [0.05, 0.1) is 29.3 Å². The summed E-state index contributed by atoms with van der Waals surface area (Å²) in [5.41, 5.74) is 1.42. The second-order valence-electron chi connectivity index (χ2n) is 10.3. The molecule has 2 amide bonds. The van der Waals surface area contributed by atoms with Crippen LogP contribution < -0.4 is 5.32 Å².